The summed E-state index contributed by atoms with van der Waals surface area (Å²) < 4.78 is 1.90. The molecule has 0 unspecified atom stereocenters. The minimum atomic E-state index is -0.0466. The van der Waals surface area contributed by atoms with Gasteiger partial charge in [-0.15, -0.1) is 17.9 Å². The molecule has 0 bridgehead atoms. The molecule has 2 aromatic rings. The zero-order chi connectivity index (χ0) is 13.0. The van der Waals surface area contributed by atoms with Crippen LogP contribution in [-0.2, 0) is 11.2 Å². The number of amides is 1. The van der Waals surface area contributed by atoms with E-state index in [4.69, 9.17) is 5.11 Å². The fourth-order valence-electron chi connectivity index (χ4n) is 1.72. The molecule has 0 radical (unpaired) electrons. The number of aliphatic hydroxyl groups excluding tert-OH is 1. The van der Waals surface area contributed by atoms with Crippen molar-refractivity contribution in [2.24, 2.45) is 0 Å². The van der Waals surface area contributed by atoms with Crippen molar-refractivity contribution in [1.29, 1.82) is 0 Å². The smallest absolute Gasteiger partial charge is 0.229 e. The molecule has 0 spiro atoms. The Bertz CT molecular complexity index is 518. The highest BCUT2D eigenvalue weighted by atomic mass is 32.1. The average molecular weight is 265 g/mol. The van der Waals surface area contributed by atoms with Crippen molar-refractivity contribution in [3.05, 3.63) is 36.1 Å². The van der Waals surface area contributed by atoms with E-state index >= 15 is 0 Å². The van der Waals surface area contributed by atoms with Crippen LogP contribution in [0.5, 0.6) is 0 Å². The number of hydrogen-bond acceptors (Lipinski definition) is 4. The minimum Gasteiger partial charge on any atom is -0.395 e. The molecule has 1 amide bonds. The normalized spacial score (nSPS) is 10.7. The number of aromatic nitrogens is 2. The molecule has 0 saturated heterocycles. The molecular formula is C12H15N3O2S. The number of aliphatic hydroxyl groups is 1. The van der Waals surface area contributed by atoms with E-state index < -0.39 is 0 Å². The highest BCUT2D eigenvalue weighted by Gasteiger charge is 2.14. The van der Waals surface area contributed by atoms with Crippen LogP contribution in [0.25, 0.3) is 4.96 Å². The van der Waals surface area contributed by atoms with Crippen molar-refractivity contribution in [2.75, 3.05) is 19.7 Å². The van der Waals surface area contributed by atoms with Crippen molar-refractivity contribution in [3.8, 4) is 0 Å². The van der Waals surface area contributed by atoms with Crippen molar-refractivity contribution in [1.82, 2.24) is 14.3 Å². The van der Waals surface area contributed by atoms with Gasteiger partial charge < -0.3 is 10.0 Å². The minimum absolute atomic E-state index is 0.0438. The van der Waals surface area contributed by atoms with E-state index in [1.54, 1.807) is 11.0 Å². The maximum absolute atomic E-state index is 12.0. The zero-order valence-electron chi connectivity index (χ0n) is 9.95. The van der Waals surface area contributed by atoms with Gasteiger partial charge in [-0.05, 0) is 0 Å². The van der Waals surface area contributed by atoms with Crippen LogP contribution in [0, 0.1) is 0 Å². The Morgan fingerprint density at radius 3 is 3.17 bits per heavy atom. The highest BCUT2D eigenvalue weighted by Crippen LogP contribution is 2.12. The van der Waals surface area contributed by atoms with E-state index in [0.717, 1.165) is 10.7 Å². The van der Waals surface area contributed by atoms with Crippen molar-refractivity contribution >= 4 is 22.2 Å². The predicted octanol–water partition coefficient (Wildman–Crippen LogP) is 0.945. The van der Waals surface area contributed by atoms with Crippen molar-refractivity contribution in [3.63, 3.8) is 0 Å². The third kappa shape index (κ3) is 2.77. The lowest BCUT2D eigenvalue weighted by molar-refractivity contribution is -0.130. The Hall–Kier alpha value is -1.66. The van der Waals surface area contributed by atoms with E-state index in [2.05, 4.69) is 11.6 Å². The van der Waals surface area contributed by atoms with Crippen LogP contribution in [0.15, 0.2) is 30.4 Å². The SMILES string of the molecule is C=CCN(CCO)C(=O)Cc1cn2ccsc2n1. The molecular weight excluding hydrogens is 250 g/mol. The number of imidazole rings is 1. The van der Waals surface area contributed by atoms with E-state index in [9.17, 15) is 4.79 Å². The van der Waals surface area contributed by atoms with Crippen LogP contribution < -0.4 is 0 Å². The molecule has 1 N–H and O–H groups in total. The summed E-state index contributed by atoms with van der Waals surface area (Å²) in [7, 11) is 0. The summed E-state index contributed by atoms with van der Waals surface area (Å²) in [6, 6.07) is 0. The van der Waals surface area contributed by atoms with Gasteiger partial charge in [-0.3, -0.25) is 9.20 Å². The molecule has 2 rings (SSSR count). The summed E-state index contributed by atoms with van der Waals surface area (Å²) in [5.74, 6) is -0.0466. The Morgan fingerprint density at radius 2 is 2.50 bits per heavy atom. The number of hydrogen-bond donors (Lipinski definition) is 1. The monoisotopic (exact) mass is 265 g/mol. The first-order chi connectivity index (χ1) is 8.74. The average Bonchev–Trinajstić information content (AvgIpc) is 2.89. The summed E-state index contributed by atoms with van der Waals surface area (Å²) in [6.07, 6.45) is 5.67. The lowest BCUT2D eigenvalue weighted by atomic mass is 10.3. The fraction of sp³-hybridized carbons (Fsp3) is 0.333. The van der Waals surface area contributed by atoms with Crippen LogP contribution in [0.3, 0.4) is 0 Å². The molecule has 0 fully saturated rings. The summed E-state index contributed by atoms with van der Waals surface area (Å²) in [5.41, 5.74) is 0.749. The molecule has 18 heavy (non-hydrogen) atoms. The molecule has 2 aromatic heterocycles. The molecule has 0 atom stereocenters. The van der Waals surface area contributed by atoms with Crippen LogP contribution in [0.2, 0.25) is 0 Å². The standard InChI is InChI=1S/C12H15N3O2S/c1-2-3-14(4-6-16)11(17)8-10-9-15-5-7-18-12(15)13-10/h2,5,7,9,16H,1,3-4,6,8H2. The summed E-state index contributed by atoms with van der Waals surface area (Å²) >= 11 is 1.53. The van der Waals surface area contributed by atoms with E-state index in [-0.39, 0.29) is 18.9 Å². The molecule has 6 heteroatoms. The topological polar surface area (TPSA) is 57.8 Å². The van der Waals surface area contributed by atoms with Crippen LogP contribution in [-0.4, -0.2) is 45.0 Å². The van der Waals surface area contributed by atoms with Gasteiger partial charge in [-0.2, -0.15) is 0 Å². The largest absolute Gasteiger partial charge is 0.395 e. The van der Waals surface area contributed by atoms with E-state index in [1.807, 2.05) is 22.2 Å². The third-order valence-electron chi connectivity index (χ3n) is 2.55. The fourth-order valence-corrected chi connectivity index (χ4v) is 2.44. The van der Waals surface area contributed by atoms with Gasteiger partial charge in [0.15, 0.2) is 4.96 Å². The first kappa shape index (κ1) is 12.8. The predicted molar refractivity (Wildman–Crippen MR) is 70.6 cm³/mol. The number of rotatable bonds is 6. The van der Waals surface area contributed by atoms with E-state index in [0.29, 0.717) is 13.1 Å². The van der Waals surface area contributed by atoms with Gasteiger partial charge in [0.25, 0.3) is 0 Å². The molecule has 96 valence electrons. The molecule has 0 aliphatic heterocycles. The lowest BCUT2D eigenvalue weighted by Gasteiger charge is -2.19. The Kier molecular flexibility index (Phi) is 4.11. The number of nitrogens with zero attached hydrogens (tertiary/aromatic N) is 3. The maximum Gasteiger partial charge on any atom is 0.229 e. The van der Waals surface area contributed by atoms with Crippen LogP contribution in [0.4, 0.5) is 0 Å². The number of carbonyl (C=O) groups is 1. The van der Waals surface area contributed by atoms with Gasteiger partial charge in [-0.1, -0.05) is 6.08 Å². The quantitative estimate of drug-likeness (QED) is 0.791. The second-order valence-electron chi connectivity index (χ2n) is 3.85. The van der Waals surface area contributed by atoms with Gasteiger partial charge >= 0.3 is 0 Å². The van der Waals surface area contributed by atoms with Gasteiger partial charge in [-0.25, -0.2) is 4.98 Å². The molecule has 0 saturated carbocycles. The number of fused-ring (bicyclic) bond motifs is 1. The van der Waals surface area contributed by atoms with Gasteiger partial charge in [0.1, 0.15) is 0 Å². The van der Waals surface area contributed by atoms with Gasteiger partial charge in [0.05, 0.1) is 18.7 Å². The van der Waals surface area contributed by atoms with Crippen molar-refractivity contribution in [2.45, 2.75) is 6.42 Å². The van der Waals surface area contributed by atoms with Crippen LogP contribution in [0.1, 0.15) is 5.69 Å². The summed E-state index contributed by atoms with van der Waals surface area (Å²) in [5, 5.41) is 10.9. The first-order valence-electron chi connectivity index (χ1n) is 5.65. The number of carbonyl (C=O) groups excluding carboxylic acids is 1. The van der Waals surface area contributed by atoms with E-state index in [1.165, 1.54) is 11.3 Å². The second-order valence-corrected chi connectivity index (χ2v) is 4.73. The van der Waals surface area contributed by atoms with Crippen molar-refractivity contribution < 1.29 is 9.90 Å². The molecule has 0 aromatic carbocycles. The molecule has 5 nitrogen and oxygen atoms in total. The Morgan fingerprint density at radius 1 is 1.67 bits per heavy atom. The summed E-state index contributed by atoms with van der Waals surface area (Å²) in [6.45, 7) is 4.33. The number of thiazole rings is 1. The first-order valence-corrected chi connectivity index (χ1v) is 6.53. The Balaban J connectivity index is 2.05. The second kappa shape index (κ2) is 5.79. The molecule has 0 aliphatic rings. The van der Waals surface area contributed by atoms with Gasteiger partial charge in [0.2, 0.25) is 5.91 Å². The maximum atomic E-state index is 12.0. The van der Waals surface area contributed by atoms with Gasteiger partial charge in [0, 0.05) is 30.9 Å². The lowest BCUT2D eigenvalue weighted by Crippen LogP contribution is -2.34. The highest BCUT2D eigenvalue weighted by molar-refractivity contribution is 7.15. The van der Waals surface area contributed by atoms with Crippen LogP contribution >= 0.6 is 11.3 Å². The molecule has 2 heterocycles. The zero-order valence-corrected chi connectivity index (χ0v) is 10.8. The molecule has 0 aliphatic carbocycles. The summed E-state index contributed by atoms with van der Waals surface area (Å²) in [4.78, 5) is 18.8. The Labute approximate surface area is 109 Å². The third-order valence-corrected chi connectivity index (χ3v) is 3.32.